The monoisotopic (exact) mass is 272 g/mol. The topological polar surface area (TPSA) is 55.1 Å². The van der Waals surface area contributed by atoms with Gasteiger partial charge < -0.3 is 11.1 Å². The van der Waals surface area contributed by atoms with E-state index in [0.717, 1.165) is 17.4 Å². The van der Waals surface area contributed by atoms with Crippen LogP contribution in [0.1, 0.15) is 38.2 Å². The first-order chi connectivity index (χ1) is 9.63. The van der Waals surface area contributed by atoms with Gasteiger partial charge in [0, 0.05) is 11.7 Å². The third-order valence-corrected chi connectivity index (χ3v) is 5.23. The molecule has 2 aliphatic carbocycles. The van der Waals surface area contributed by atoms with Gasteiger partial charge in [-0.05, 0) is 55.6 Å². The molecular weight excluding hydrogens is 248 g/mol. The van der Waals surface area contributed by atoms with Crippen LogP contribution in [-0.2, 0) is 11.2 Å². The molecular formula is C17H24N2O. The van der Waals surface area contributed by atoms with Gasteiger partial charge in [-0.3, -0.25) is 4.79 Å². The summed E-state index contributed by atoms with van der Waals surface area (Å²) in [4.78, 5) is 12.2. The molecule has 1 amide bonds. The molecule has 108 valence electrons. The van der Waals surface area contributed by atoms with E-state index in [9.17, 15) is 4.79 Å². The van der Waals surface area contributed by atoms with Crippen LogP contribution in [0.3, 0.4) is 0 Å². The van der Waals surface area contributed by atoms with Crippen molar-refractivity contribution in [3.63, 3.8) is 0 Å². The van der Waals surface area contributed by atoms with E-state index in [-0.39, 0.29) is 5.91 Å². The van der Waals surface area contributed by atoms with E-state index in [1.165, 1.54) is 25.7 Å². The summed E-state index contributed by atoms with van der Waals surface area (Å²) in [5.74, 6) is 2.55. The first kappa shape index (κ1) is 13.5. The smallest absolute Gasteiger partial charge is 0.224 e. The lowest BCUT2D eigenvalue weighted by Gasteiger charge is -2.28. The number of nitrogens with one attached hydrogen (secondary N) is 1. The van der Waals surface area contributed by atoms with Crippen molar-refractivity contribution in [1.82, 2.24) is 5.32 Å². The van der Waals surface area contributed by atoms with Crippen molar-refractivity contribution in [2.24, 2.45) is 17.8 Å². The number of rotatable bonds is 4. The van der Waals surface area contributed by atoms with Gasteiger partial charge in [0.05, 0.1) is 6.42 Å². The number of nitrogens with two attached hydrogens (primary N) is 1. The Morgan fingerprint density at radius 2 is 2.15 bits per heavy atom. The lowest BCUT2D eigenvalue weighted by Crippen LogP contribution is -2.40. The summed E-state index contributed by atoms with van der Waals surface area (Å²) in [6.45, 7) is 2.16. The summed E-state index contributed by atoms with van der Waals surface area (Å²) in [6, 6.07) is 7.90. The fourth-order valence-corrected chi connectivity index (χ4v) is 4.19. The fraction of sp³-hybridized carbons (Fsp3) is 0.588. The van der Waals surface area contributed by atoms with Gasteiger partial charge >= 0.3 is 0 Å². The Morgan fingerprint density at radius 1 is 1.35 bits per heavy atom. The minimum Gasteiger partial charge on any atom is -0.398 e. The molecule has 0 aromatic heterocycles. The van der Waals surface area contributed by atoms with E-state index in [0.29, 0.717) is 24.1 Å². The number of carbonyl (C=O) groups excluding carboxylic acids is 1. The van der Waals surface area contributed by atoms with Gasteiger partial charge in [-0.15, -0.1) is 0 Å². The van der Waals surface area contributed by atoms with Gasteiger partial charge in [0.25, 0.3) is 0 Å². The Balaban J connectivity index is 1.55. The zero-order valence-electron chi connectivity index (χ0n) is 12.1. The predicted molar refractivity (Wildman–Crippen MR) is 81.1 cm³/mol. The van der Waals surface area contributed by atoms with Crippen LogP contribution >= 0.6 is 0 Å². The summed E-state index contributed by atoms with van der Waals surface area (Å²) in [5.41, 5.74) is 7.52. The molecule has 3 rings (SSSR count). The molecule has 1 aromatic rings. The lowest BCUT2D eigenvalue weighted by molar-refractivity contribution is -0.121. The largest absolute Gasteiger partial charge is 0.398 e. The molecule has 2 aliphatic rings. The van der Waals surface area contributed by atoms with Crippen LogP contribution in [0, 0.1) is 17.8 Å². The maximum absolute atomic E-state index is 12.2. The Bertz CT molecular complexity index is 500. The maximum Gasteiger partial charge on any atom is 0.224 e. The molecule has 0 heterocycles. The first-order valence-electron chi connectivity index (χ1n) is 7.76. The zero-order valence-corrected chi connectivity index (χ0v) is 12.1. The molecule has 2 fully saturated rings. The molecule has 4 unspecified atom stereocenters. The number of benzene rings is 1. The minimum atomic E-state index is 0.0955. The van der Waals surface area contributed by atoms with Crippen LogP contribution in [0.2, 0.25) is 0 Å². The summed E-state index contributed by atoms with van der Waals surface area (Å²) in [5, 5.41) is 3.19. The standard InChI is InChI=1S/C17H24N2O/c1-11(15-9-12-6-7-13(15)8-12)19-17(20)10-14-4-2-3-5-16(14)18/h2-5,11-13,15H,6-10,18H2,1H3,(H,19,20). The predicted octanol–water partition coefficient (Wildman–Crippen LogP) is 2.75. The second-order valence-corrected chi connectivity index (χ2v) is 6.57. The molecule has 20 heavy (non-hydrogen) atoms. The highest BCUT2D eigenvalue weighted by molar-refractivity contribution is 5.80. The normalized spacial score (nSPS) is 29.4. The number of para-hydroxylation sites is 1. The van der Waals surface area contributed by atoms with Crippen molar-refractivity contribution in [1.29, 1.82) is 0 Å². The Morgan fingerprint density at radius 3 is 2.80 bits per heavy atom. The second kappa shape index (κ2) is 5.47. The molecule has 0 spiro atoms. The van der Waals surface area contributed by atoms with Gasteiger partial charge in [0.15, 0.2) is 0 Å². The molecule has 4 atom stereocenters. The zero-order chi connectivity index (χ0) is 14.1. The molecule has 1 aromatic carbocycles. The minimum absolute atomic E-state index is 0.0955. The van der Waals surface area contributed by atoms with Crippen molar-refractivity contribution in [3.05, 3.63) is 29.8 Å². The number of carbonyl (C=O) groups is 1. The molecule has 3 heteroatoms. The van der Waals surface area contributed by atoms with Crippen molar-refractivity contribution in [2.45, 2.75) is 45.1 Å². The van der Waals surface area contributed by atoms with Gasteiger partial charge in [-0.1, -0.05) is 24.6 Å². The van der Waals surface area contributed by atoms with E-state index in [2.05, 4.69) is 12.2 Å². The molecule has 0 aliphatic heterocycles. The third-order valence-electron chi connectivity index (χ3n) is 5.23. The molecule has 2 saturated carbocycles. The number of fused-ring (bicyclic) bond motifs is 2. The summed E-state index contributed by atoms with van der Waals surface area (Å²) < 4.78 is 0. The van der Waals surface area contributed by atoms with Crippen LogP contribution in [0.25, 0.3) is 0 Å². The molecule has 3 N–H and O–H groups in total. The first-order valence-corrected chi connectivity index (χ1v) is 7.76. The molecule has 0 saturated heterocycles. The van der Waals surface area contributed by atoms with Crippen molar-refractivity contribution in [2.75, 3.05) is 5.73 Å². The SMILES string of the molecule is CC(NC(=O)Cc1ccccc1N)C1CC2CCC1C2. The highest BCUT2D eigenvalue weighted by atomic mass is 16.1. The van der Waals surface area contributed by atoms with Gasteiger partial charge in [0.1, 0.15) is 0 Å². The number of anilines is 1. The fourth-order valence-electron chi connectivity index (χ4n) is 4.19. The van der Waals surface area contributed by atoms with Crippen LogP contribution < -0.4 is 11.1 Å². The van der Waals surface area contributed by atoms with Crippen LogP contribution in [0.15, 0.2) is 24.3 Å². The van der Waals surface area contributed by atoms with Gasteiger partial charge in [0.2, 0.25) is 5.91 Å². The van der Waals surface area contributed by atoms with E-state index < -0.39 is 0 Å². The van der Waals surface area contributed by atoms with Crippen LogP contribution in [0.4, 0.5) is 5.69 Å². The number of hydrogen-bond donors (Lipinski definition) is 2. The summed E-state index contributed by atoms with van der Waals surface area (Å²) >= 11 is 0. The average Bonchev–Trinajstić information content (AvgIpc) is 3.03. The van der Waals surface area contributed by atoms with E-state index >= 15 is 0 Å². The van der Waals surface area contributed by atoms with Crippen molar-refractivity contribution < 1.29 is 4.79 Å². The summed E-state index contributed by atoms with van der Waals surface area (Å²) in [6.07, 6.45) is 5.84. The average molecular weight is 272 g/mol. The summed E-state index contributed by atoms with van der Waals surface area (Å²) in [7, 11) is 0. The quantitative estimate of drug-likeness (QED) is 0.828. The second-order valence-electron chi connectivity index (χ2n) is 6.57. The number of nitrogen functional groups attached to an aromatic ring is 1. The van der Waals surface area contributed by atoms with Crippen molar-refractivity contribution >= 4 is 11.6 Å². The molecule has 0 radical (unpaired) electrons. The molecule has 2 bridgehead atoms. The third kappa shape index (κ3) is 2.67. The van der Waals surface area contributed by atoms with E-state index in [1.54, 1.807) is 0 Å². The highest BCUT2D eigenvalue weighted by Gasteiger charge is 2.42. The maximum atomic E-state index is 12.2. The van der Waals surface area contributed by atoms with Crippen molar-refractivity contribution in [3.8, 4) is 0 Å². The Hall–Kier alpha value is -1.51. The van der Waals surface area contributed by atoms with Crippen LogP contribution in [-0.4, -0.2) is 11.9 Å². The lowest BCUT2D eigenvalue weighted by atomic mass is 9.84. The Labute approximate surface area is 120 Å². The van der Waals surface area contributed by atoms with Gasteiger partial charge in [-0.25, -0.2) is 0 Å². The molecule has 3 nitrogen and oxygen atoms in total. The highest BCUT2D eigenvalue weighted by Crippen LogP contribution is 2.49. The number of amides is 1. The van der Waals surface area contributed by atoms with Gasteiger partial charge in [-0.2, -0.15) is 0 Å². The van der Waals surface area contributed by atoms with E-state index in [4.69, 9.17) is 5.73 Å². The Kier molecular flexibility index (Phi) is 3.68. The van der Waals surface area contributed by atoms with Crippen LogP contribution in [0.5, 0.6) is 0 Å². The number of hydrogen-bond acceptors (Lipinski definition) is 2. The van der Waals surface area contributed by atoms with E-state index in [1.807, 2.05) is 24.3 Å².